The van der Waals surface area contributed by atoms with E-state index >= 15 is 0 Å². The molecule has 0 amide bonds. The van der Waals surface area contributed by atoms with E-state index in [4.69, 9.17) is 0 Å². The molecule has 0 aromatic heterocycles. The average Bonchev–Trinajstić information content (AvgIpc) is 2.37. The van der Waals surface area contributed by atoms with E-state index in [2.05, 4.69) is 44.8 Å². The van der Waals surface area contributed by atoms with E-state index in [1.54, 1.807) is 12.1 Å². The van der Waals surface area contributed by atoms with Crippen LogP contribution >= 0.6 is 0 Å². The molecule has 0 spiro atoms. The highest BCUT2D eigenvalue weighted by atomic mass is 19.1. The zero-order valence-corrected chi connectivity index (χ0v) is 13.0. The molecule has 0 saturated heterocycles. The van der Waals surface area contributed by atoms with Crippen LogP contribution in [0.25, 0.3) is 0 Å². The van der Waals surface area contributed by atoms with Crippen molar-refractivity contribution in [1.82, 2.24) is 5.32 Å². The summed E-state index contributed by atoms with van der Waals surface area (Å²) in [5.74, 6) is -0.147. The third-order valence-electron chi connectivity index (χ3n) is 4.10. The van der Waals surface area contributed by atoms with E-state index in [-0.39, 0.29) is 17.4 Å². The van der Waals surface area contributed by atoms with Gasteiger partial charge in [-0.3, -0.25) is 0 Å². The zero-order chi connectivity index (χ0) is 14.6. The summed E-state index contributed by atoms with van der Waals surface area (Å²) in [6, 6.07) is 5.48. The summed E-state index contributed by atoms with van der Waals surface area (Å²) in [5, 5.41) is 3.36. The monoisotopic (exact) mass is 266 g/mol. The first kappa shape index (κ1) is 16.0. The van der Waals surface area contributed by atoms with Crippen LogP contribution in [0, 0.1) is 5.82 Å². The minimum absolute atomic E-state index is 0.0666. The van der Waals surface area contributed by atoms with Crippen molar-refractivity contribution in [2.45, 2.75) is 52.6 Å². The predicted molar refractivity (Wildman–Crippen MR) is 81.3 cm³/mol. The van der Waals surface area contributed by atoms with E-state index < -0.39 is 0 Å². The number of anilines is 1. The number of nitrogens with zero attached hydrogens (tertiary/aromatic N) is 1. The van der Waals surface area contributed by atoms with Gasteiger partial charge in [0.1, 0.15) is 5.82 Å². The first-order chi connectivity index (χ1) is 8.85. The fourth-order valence-corrected chi connectivity index (χ4v) is 2.19. The molecule has 19 heavy (non-hydrogen) atoms. The molecule has 1 aromatic carbocycles. The second kappa shape index (κ2) is 6.38. The third kappa shape index (κ3) is 3.47. The van der Waals surface area contributed by atoms with Gasteiger partial charge in [-0.05, 0) is 45.4 Å². The molecule has 108 valence electrons. The van der Waals surface area contributed by atoms with Crippen LogP contribution in [0.5, 0.6) is 0 Å². The van der Waals surface area contributed by atoms with Gasteiger partial charge in [-0.15, -0.1) is 0 Å². The van der Waals surface area contributed by atoms with Crippen LogP contribution < -0.4 is 10.2 Å². The van der Waals surface area contributed by atoms with Gasteiger partial charge >= 0.3 is 0 Å². The van der Waals surface area contributed by atoms with Gasteiger partial charge in [-0.1, -0.05) is 26.0 Å². The molecule has 0 heterocycles. The third-order valence-corrected chi connectivity index (χ3v) is 4.10. The number of rotatable bonds is 6. The van der Waals surface area contributed by atoms with Gasteiger partial charge in [0.25, 0.3) is 0 Å². The zero-order valence-electron chi connectivity index (χ0n) is 13.0. The Bertz CT molecular complexity index is 415. The number of benzene rings is 1. The van der Waals surface area contributed by atoms with E-state index in [0.717, 1.165) is 18.5 Å². The fourth-order valence-electron chi connectivity index (χ4n) is 2.19. The molecule has 1 N–H and O–H groups in total. The van der Waals surface area contributed by atoms with Crippen LogP contribution in [0.2, 0.25) is 0 Å². The Labute approximate surface area is 117 Å². The smallest absolute Gasteiger partial charge is 0.146 e. The van der Waals surface area contributed by atoms with Crippen LogP contribution in [-0.2, 0) is 0 Å². The van der Waals surface area contributed by atoms with Crippen molar-refractivity contribution in [3.63, 3.8) is 0 Å². The van der Waals surface area contributed by atoms with Crippen LogP contribution in [-0.4, -0.2) is 19.1 Å². The van der Waals surface area contributed by atoms with E-state index in [9.17, 15) is 4.39 Å². The molecular weight excluding hydrogens is 239 g/mol. The van der Waals surface area contributed by atoms with Gasteiger partial charge < -0.3 is 10.2 Å². The molecule has 0 saturated carbocycles. The Hall–Kier alpha value is -1.09. The number of nitrogens with one attached hydrogen (secondary N) is 1. The molecule has 0 aliphatic carbocycles. The van der Waals surface area contributed by atoms with Gasteiger partial charge in [0.2, 0.25) is 0 Å². The molecule has 2 nitrogen and oxygen atoms in total. The number of para-hydroxylation sites is 1. The van der Waals surface area contributed by atoms with E-state index in [1.165, 1.54) is 0 Å². The van der Waals surface area contributed by atoms with Crippen LogP contribution in [0.4, 0.5) is 10.1 Å². The lowest BCUT2D eigenvalue weighted by molar-refractivity contribution is 0.458. The molecule has 0 aliphatic heterocycles. The SMILES string of the molecule is CCNC(C)c1cccc(F)c1N(C)C(C)(C)CC. The maximum Gasteiger partial charge on any atom is 0.146 e. The molecule has 1 rings (SSSR count). The number of hydrogen-bond acceptors (Lipinski definition) is 2. The Morgan fingerprint density at radius 2 is 1.95 bits per heavy atom. The maximum absolute atomic E-state index is 14.3. The van der Waals surface area contributed by atoms with Crippen molar-refractivity contribution in [3.8, 4) is 0 Å². The molecule has 1 unspecified atom stereocenters. The highest BCUT2D eigenvalue weighted by Crippen LogP contribution is 2.33. The molecule has 0 aliphatic rings. The lowest BCUT2D eigenvalue weighted by atomic mass is 9.96. The van der Waals surface area contributed by atoms with Crippen molar-refractivity contribution in [2.24, 2.45) is 0 Å². The predicted octanol–water partition coefficient (Wildman–Crippen LogP) is 4.12. The number of halogens is 1. The van der Waals surface area contributed by atoms with E-state index in [1.807, 2.05) is 13.1 Å². The molecule has 0 radical (unpaired) electrons. The number of hydrogen-bond donors (Lipinski definition) is 1. The van der Waals surface area contributed by atoms with Crippen molar-refractivity contribution in [3.05, 3.63) is 29.6 Å². The molecular formula is C16H27FN2. The molecule has 1 atom stereocenters. The largest absolute Gasteiger partial charge is 0.367 e. The fraction of sp³-hybridized carbons (Fsp3) is 0.625. The standard InChI is InChI=1S/C16H27FN2/c1-7-16(4,5)19(6)15-13(12(3)18-8-2)10-9-11-14(15)17/h9-12,18H,7-8H2,1-6H3. The highest BCUT2D eigenvalue weighted by Gasteiger charge is 2.26. The quantitative estimate of drug-likeness (QED) is 0.833. The van der Waals surface area contributed by atoms with Gasteiger partial charge in [-0.25, -0.2) is 4.39 Å². The Morgan fingerprint density at radius 3 is 2.47 bits per heavy atom. The first-order valence-corrected chi connectivity index (χ1v) is 7.10. The van der Waals surface area contributed by atoms with Crippen LogP contribution in [0.3, 0.4) is 0 Å². The highest BCUT2D eigenvalue weighted by molar-refractivity contribution is 5.57. The van der Waals surface area contributed by atoms with Crippen LogP contribution in [0.15, 0.2) is 18.2 Å². The van der Waals surface area contributed by atoms with Crippen molar-refractivity contribution < 1.29 is 4.39 Å². The Kier molecular flexibility index (Phi) is 5.36. The van der Waals surface area contributed by atoms with Gasteiger partial charge in [0, 0.05) is 18.6 Å². The second-order valence-electron chi connectivity index (χ2n) is 5.68. The summed E-state index contributed by atoms with van der Waals surface area (Å²) in [7, 11) is 1.98. The van der Waals surface area contributed by atoms with Crippen molar-refractivity contribution in [1.29, 1.82) is 0 Å². The normalized spacial score (nSPS) is 13.4. The lowest BCUT2D eigenvalue weighted by Crippen LogP contribution is -2.42. The molecule has 0 fully saturated rings. The van der Waals surface area contributed by atoms with Crippen molar-refractivity contribution in [2.75, 3.05) is 18.5 Å². The summed E-state index contributed by atoms with van der Waals surface area (Å²) in [6.07, 6.45) is 0.965. The van der Waals surface area contributed by atoms with Gasteiger partial charge in [-0.2, -0.15) is 0 Å². The van der Waals surface area contributed by atoms with Crippen molar-refractivity contribution >= 4 is 5.69 Å². The summed E-state index contributed by atoms with van der Waals surface area (Å²) < 4.78 is 14.3. The second-order valence-corrected chi connectivity index (χ2v) is 5.68. The summed E-state index contributed by atoms with van der Waals surface area (Å²) in [6.45, 7) is 11.4. The first-order valence-electron chi connectivity index (χ1n) is 7.10. The maximum atomic E-state index is 14.3. The topological polar surface area (TPSA) is 15.3 Å². The average molecular weight is 266 g/mol. The molecule has 3 heteroatoms. The van der Waals surface area contributed by atoms with Crippen LogP contribution in [0.1, 0.15) is 52.6 Å². The lowest BCUT2D eigenvalue weighted by Gasteiger charge is -2.39. The summed E-state index contributed by atoms with van der Waals surface area (Å²) >= 11 is 0. The minimum Gasteiger partial charge on any atom is -0.367 e. The van der Waals surface area contributed by atoms with Gasteiger partial charge in [0.05, 0.1) is 5.69 Å². The molecule has 0 bridgehead atoms. The summed E-state index contributed by atoms with van der Waals surface area (Å²) in [5.41, 5.74) is 1.66. The minimum atomic E-state index is -0.147. The Balaban J connectivity index is 3.25. The van der Waals surface area contributed by atoms with E-state index in [0.29, 0.717) is 5.69 Å². The summed E-state index contributed by atoms with van der Waals surface area (Å²) in [4.78, 5) is 2.06. The molecule has 1 aromatic rings. The van der Waals surface area contributed by atoms with Gasteiger partial charge in [0.15, 0.2) is 0 Å². The Morgan fingerprint density at radius 1 is 1.32 bits per heavy atom.